The van der Waals surface area contributed by atoms with E-state index in [-0.39, 0.29) is 5.75 Å². The minimum absolute atomic E-state index is 0.119. The lowest BCUT2D eigenvalue weighted by atomic mass is 10.1. The molecule has 4 rings (SSSR count). The zero-order chi connectivity index (χ0) is 23.0. The molecule has 0 spiro atoms. The first-order valence-electron chi connectivity index (χ1n) is 9.87. The third-order valence-corrected chi connectivity index (χ3v) is 5.32. The molecule has 0 unspecified atom stereocenters. The van der Waals surface area contributed by atoms with Gasteiger partial charge in [0.1, 0.15) is 18.1 Å². The van der Waals surface area contributed by atoms with E-state index in [1.165, 1.54) is 0 Å². The molecule has 10 heteroatoms. The molecule has 2 aromatic carbocycles. The van der Waals surface area contributed by atoms with Crippen LogP contribution in [0.3, 0.4) is 0 Å². The maximum Gasteiger partial charge on any atom is 0.313 e. The highest BCUT2D eigenvalue weighted by Crippen LogP contribution is 2.30. The van der Waals surface area contributed by atoms with Crippen molar-refractivity contribution in [3.05, 3.63) is 71.8 Å². The highest BCUT2D eigenvalue weighted by Gasteiger charge is 2.13. The number of benzene rings is 2. The quantitative estimate of drug-likeness (QED) is 0.200. The predicted octanol–water partition coefficient (Wildman–Crippen LogP) is 4.47. The van der Waals surface area contributed by atoms with Gasteiger partial charge in [-0.2, -0.15) is 4.98 Å². The van der Waals surface area contributed by atoms with Gasteiger partial charge in [-0.1, -0.05) is 47.2 Å². The predicted molar refractivity (Wildman–Crippen MR) is 123 cm³/mol. The first-order valence-corrected chi connectivity index (χ1v) is 10.9. The summed E-state index contributed by atoms with van der Waals surface area (Å²) in [5, 5.41) is 19.9. The number of furan rings is 1. The van der Waals surface area contributed by atoms with Gasteiger partial charge in [0.25, 0.3) is 0 Å². The van der Waals surface area contributed by atoms with Crippen LogP contribution >= 0.6 is 11.8 Å². The number of thioether (sulfide) groups is 1. The van der Waals surface area contributed by atoms with Crippen LogP contribution in [0.2, 0.25) is 0 Å². The van der Waals surface area contributed by atoms with Crippen molar-refractivity contribution in [1.82, 2.24) is 15.2 Å². The van der Waals surface area contributed by atoms with Gasteiger partial charge in [-0.25, -0.2) is 0 Å². The van der Waals surface area contributed by atoms with Crippen molar-refractivity contribution >= 4 is 23.9 Å². The van der Waals surface area contributed by atoms with Gasteiger partial charge in [0.05, 0.1) is 19.1 Å². The smallest absolute Gasteiger partial charge is 0.313 e. The normalized spacial score (nSPS) is 11.1. The number of H-pyrrole nitrogens is 1. The first kappa shape index (κ1) is 22.2. The van der Waals surface area contributed by atoms with Gasteiger partial charge in [-0.05, 0) is 35.9 Å². The molecule has 33 heavy (non-hydrogen) atoms. The fourth-order valence-electron chi connectivity index (χ4n) is 2.94. The van der Waals surface area contributed by atoms with Gasteiger partial charge in [0, 0.05) is 11.1 Å². The number of rotatable bonds is 10. The second-order valence-corrected chi connectivity index (χ2v) is 7.71. The van der Waals surface area contributed by atoms with E-state index in [0.29, 0.717) is 34.9 Å². The van der Waals surface area contributed by atoms with Crippen LogP contribution in [0, 0.1) is 0 Å². The summed E-state index contributed by atoms with van der Waals surface area (Å²) >= 11 is 1.03. The van der Waals surface area contributed by atoms with Gasteiger partial charge in [-0.15, -0.1) is 5.10 Å². The van der Waals surface area contributed by atoms with E-state index in [1.54, 1.807) is 19.4 Å². The Labute approximate surface area is 193 Å². The first-order chi connectivity index (χ1) is 16.1. The minimum atomic E-state index is -0.934. The van der Waals surface area contributed by atoms with Crippen molar-refractivity contribution in [2.24, 2.45) is 5.16 Å². The fourth-order valence-corrected chi connectivity index (χ4v) is 3.45. The molecule has 0 aliphatic heterocycles. The lowest BCUT2D eigenvalue weighted by molar-refractivity contribution is -0.133. The van der Waals surface area contributed by atoms with Crippen LogP contribution in [0.15, 0.2) is 75.4 Å². The zero-order valence-corrected chi connectivity index (χ0v) is 18.4. The van der Waals surface area contributed by atoms with E-state index < -0.39 is 5.97 Å². The lowest BCUT2D eigenvalue weighted by Gasteiger charge is -2.06. The summed E-state index contributed by atoms with van der Waals surface area (Å²) in [6.45, 7) is 0.366. The molecule has 4 aromatic rings. The third kappa shape index (κ3) is 5.80. The highest BCUT2D eigenvalue weighted by molar-refractivity contribution is 7.99. The molecule has 0 aliphatic carbocycles. The Morgan fingerprint density at radius 2 is 2.00 bits per heavy atom. The Balaban J connectivity index is 1.47. The van der Waals surface area contributed by atoms with Crippen LogP contribution in [0.25, 0.3) is 22.9 Å². The van der Waals surface area contributed by atoms with Crippen molar-refractivity contribution in [3.63, 3.8) is 0 Å². The maximum atomic E-state index is 10.7. The largest absolute Gasteiger partial charge is 0.496 e. The molecule has 2 aromatic heterocycles. The minimum Gasteiger partial charge on any atom is -0.496 e. The van der Waals surface area contributed by atoms with Gasteiger partial charge < -0.3 is 19.1 Å². The molecular weight excluding hydrogens is 444 g/mol. The van der Waals surface area contributed by atoms with Crippen molar-refractivity contribution in [2.45, 2.75) is 11.8 Å². The number of carbonyl (C=O) groups is 1. The second kappa shape index (κ2) is 10.5. The molecule has 0 amide bonds. The zero-order valence-electron chi connectivity index (χ0n) is 17.6. The molecule has 0 atom stereocenters. The molecule has 0 fully saturated rings. The number of aromatic amines is 1. The average molecular weight is 465 g/mol. The topological polar surface area (TPSA) is 123 Å². The van der Waals surface area contributed by atoms with Crippen LogP contribution < -0.4 is 4.74 Å². The second-order valence-electron chi connectivity index (χ2n) is 6.76. The molecule has 0 saturated heterocycles. The highest BCUT2D eigenvalue weighted by atomic mass is 32.2. The molecule has 0 bridgehead atoms. The molecular formula is C23H20N4O5S. The van der Waals surface area contributed by atoms with E-state index in [1.807, 2.05) is 54.6 Å². The Kier molecular flexibility index (Phi) is 7.06. The molecule has 168 valence electrons. The summed E-state index contributed by atoms with van der Waals surface area (Å²) in [6.07, 6.45) is 1.59. The van der Waals surface area contributed by atoms with Crippen LogP contribution in [-0.4, -0.2) is 45.3 Å². The summed E-state index contributed by atoms with van der Waals surface area (Å²) < 4.78 is 11.4. The summed E-state index contributed by atoms with van der Waals surface area (Å²) in [4.78, 5) is 20.4. The Bertz CT molecular complexity index is 1250. The molecule has 0 saturated carbocycles. The maximum absolute atomic E-state index is 10.7. The van der Waals surface area contributed by atoms with Gasteiger partial charge >= 0.3 is 5.97 Å². The van der Waals surface area contributed by atoms with Gasteiger partial charge in [0.2, 0.25) is 5.16 Å². The van der Waals surface area contributed by atoms with Gasteiger partial charge in [-0.3, -0.25) is 9.89 Å². The van der Waals surface area contributed by atoms with Crippen molar-refractivity contribution < 1.29 is 23.9 Å². The molecule has 2 heterocycles. The van der Waals surface area contributed by atoms with E-state index in [2.05, 4.69) is 20.3 Å². The van der Waals surface area contributed by atoms with E-state index in [9.17, 15) is 4.79 Å². The summed E-state index contributed by atoms with van der Waals surface area (Å²) in [5.41, 5.74) is 2.56. The molecule has 0 aliphatic rings. The number of aromatic nitrogens is 3. The lowest BCUT2D eigenvalue weighted by Crippen LogP contribution is -1.97. The Morgan fingerprint density at radius 1 is 1.18 bits per heavy atom. The van der Waals surface area contributed by atoms with Gasteiger partial charge in [0.15, 0.2) is 11.6 Å². The van der Waals surface area contributed by atoms with E-state index in [4.69, 9.17) is 19.1 Å². The summed E-state index contributed by atoms with van der Waals surface area (Å²) in [6, 6.07) is 18.9. The van der Waals surface area contributed by atoms with Crippen molar-refractivity contribution in [1.29, 1.82) is 0 Å². The number of nitrogens with zero attached hydrogens (tertiary/aromatic N) is 3. The van der Waals surface area contributed by atoms with Crippen molar-refractivity contribution in [3.8, 4) is 28.7 Å². The number of ether oxygens (including phenoxy) is 1. The molecule has 9 nitrogen and oxygen atoms in total. The van der Waals surface area contributed by atoms with Crippen LogP contribution in [0.4, 0.5) is 0 Å². The number of hydrogen-bond donors (Lipinski definition) is 2. The van der Waals surface area contributed by atoms with Crippen molar-refractivity contribution in [2.75, 3.05) is 12.9 Å². The van der Waals surface area contributed by atoms with Crippen LogP contribution in [0.1, 0.15) is 11.1 Å². The standard InChI is InChI=1S/C23H20N4O5S/c1-30-18-8-7-16(11-17(18)12-24-31-13-15-5-3-2-4-6-15)19-9-10-20(32-19)22-25-23(27-26-22)33-14-21(28)29/h2-12H,13-14H2,1H3,(H,28,29)(H,25,26,27)/b24-12+. The molecule has 2 N–H and O–H groups in total. The van der Waals surface area contributed by atoms with Crippen LogP contribution in [-0.2, 0) is 16.2 Å². The number of hydrogen-bond acceptors (Lipinski definition) is 8. The average Bonchev–Trinajstić information content (AvgIpc) is 3.51. The number of carboxylic acids is 1. The number of nitrogens with one attached hydrogen (secondary N) is 1. The Hall–Kier alpha value is -4.05. The van der Waals surface area contributed by atoms with E-state index >= 15 is 0 Å². The SMILES string of the molecule is COc1ccc(-c2ccc(-c3nc(SCC(=O)O)n[nH]3)o2)cc1/C=N/OCc1ccccc1. The number of oxime groups is 1. The Morgan fingerprint density at radius 3 is 2.79 bits per heavy atom. The number of carboxylic acid groups (broad SMARTS) is 1. The third-order valence-electron chi connectivity index (χ3n) is 4.48. The van der Waals surface area contributed by atoms with Crippen LogP contribution in [0.5, 0.6) is 5.75 Å². The summed E-state index contributed by atoms with van der Waals surface area (Å²) in [5.74, 6) is 1.11. The number of methoxy groups -OCH3 is 1. The summed E-state index contributed by atoms with van der Waals surface area (Å²) in [7, 11) is 1.59. The number of aliphatic carboxylic acids is 1. The fraction of sp³-hybridized carbons (Fsp3) is 0.130. The molecule has 0 radical (unpaired) electrons. The van der Waals surface area contributed by atoms with E-state index in [0.717, 1.165) is 28.5 Å². The monoisotopic (exact) mass is 464 g/mol.